The Kier molecular flexibility index (Phi) is 4.28. The van der Waals surface area contributed by atoms with Gasteiger partial charge in [-0.25, -0.2) is 9.37 Å². The topological polar surface area (TPSA) is 71.9 Å². The van der Waals surface area contributed by atoms with Gasteiger partial charge in [0, 0.05) is 23.9 Å². The SMILES string of the molecule is C[C@@H](N)c1ccc(F)cc1OCc1ccnc(C#N)c1. The second-order valence-electron chi connectivity index (χ2n) is 4.42. The van der Waals surface area contributed by atoms with Crippen molar-refractivity contribution < 1.29 is 9.13 Å². The lowest BCUT2D eigenvalue weighted by molar-refractivity contribution is 0.299. The van der Waals surface area contributed by atoms with Crippen molar-refractivity contribution in [3.63, 3.8) is 0 Å². The van der Waals surface area contributed by atoms with Crippen molar-refractivity contribution in [3.8, 4) is 11.8 Å². The second kappa shape index (κ2) is 6.13. The first-order valence-electron chi connectivity index (χ1n) is 6.13. The first kappa shape index (κ1) is 14.0. The molecule has 0 bridgehead atoms. The van der Waals surface area contributed by atoms with Gasteiger partial charge in [-0.05, 0) is 30.7 Å². The van der Waals surface area contributed by atoms with E-state index in [1.54, 1.807) is 25.1 Å². The number of halogens is 1. The zero-order valence-corrected chi connectivity index (χ0v) is 11.0. The van der Waals surface area contributed by atoms with Crippen LogP contribution in [0.3, 0.4) is 0 Å². The van der Waals surface area contributed by atoms with Crippen LogP contribution in [0.4, 0.5) is 4.39 Å². The van der Waals surface area contributed by atoms with Crippen LogP contribution >= 0.6 is 0 Å². The summed E-state index contributed by atoms with van der Waals surface area (Å²) in [6, 6.07) is 9.35. The van der Waals surface area contributed by atoms with E-state index in [9.17, 15) is 4.39 Å². The van der Waals surface area contributed by atoms with E-state index < -0.39 is 0 Å². The molecule has 0 amide bonds. The summed E-state index contributed by atoms with van der Waals surface area (Å²) in [5.41, 5.74) is 7.67. The minimum absolute atomic E-state index is 0.223. The van der Waals surface area contributed by atoms with Crippen LogP contribution in [-0.2, 0) is 6.61 Å². The van der Waals surface area contributed by atoms with Crippen molar-refractivity contribution in [2.45, 2.75) is 19.6 Å². The van der Waals surface area contributed by atoms with E-state index in [0.717, 1.165) is 11.1 Å². The Bertz CT molecular complexity index is 650. The summed E-state index contributed by atoms with van der Waals surface area (Å²) in [5, 5.41) is 8.78. The lowest BCUT2D eigenvalue weighted by Gasteiger charge is -2.14. The fourth-order valence-corrected chi connectivity index (χ4v) is 1.80. The number of pyridine rings is 1. The van der Waals surface area contributed by atoms with E-state index in [1.165, 1.54) is 18.3 Å². The van der Waals surface area contributed by atoms with Crippen LogP contribution in [0, 0.1) is 17.1 Å². The molecule has 0 saturated heterocycles. The predicted molar refractivity (Wildman–Crippen MR) is 72.3 cm³/mol. The summed E-state index contributed by atoms with van der Waals surface area (Å²) in [6.07, 6.45) is 1.54. The summed E-state index contributed by atoms with van der Waals surface area (Å²) in [5.74, 6) is 0.0344. The molecule has 1 heterocycles. The molecule has 0 spiro atoms. The Morgan fingerprint density at radius 2 is 2.20 bits per heavy atom. The third-order valence-electron chi connectivity index (χ3n) is 2.80. The Morgan fingerprint density at radius 1 is 1.40 bits per heavy atom. The van der Waals surface area contributed by atoms with Crippen molar-refractivity contribution in [2.24, 2.45) is 5.73 Å². The number of hydrogen-bond donors (Lipinski definition) is 1. The lowest BCUT2D eigenvalue weighted by Crippen LogP contribution is -2.08. The van der Waals surface area contributed by atoms with Gasteiger partial charge in [0.2, 0.25) is 0 Å². The minimum atomic E-state index is -0.378. The molecule has 2 N–H and O–H groups in total. The Balaban J connectivity index is 2.18. The number of hydrogen-bond acceptors (Lipinski definition) is 4. The molecule has 2 rings (SSSR count). The molecule has 0 unspecified atom stereocenters. The van der Waals surface area contributed by atoms with Crippen LogP contribution in [0.25, 0.3) is 0 Å². The summed E-state index contributed by atoms with van der Waals surface area (Å²) in [7, 11) is 0. The van der Waals surface area contributed by atoms with Crippen LogP contribution in [0.1, 0.15) is 29.8 Å². The van der Waals surface area contributed by atoms with Gasteiger partial charge in [-0.15, -0.1) is 0 Å². The van der Waals surface area contributed by atoms with E-state index in [0.29, 0.717) is 11.4 Å². The molecule has 1 aromatic carbocycles. The zero-order valence-electron chi connectivity index (χ0n) is 11.0. The minimum Gasteiger partial charge on any atom is -0.488 e. The highest BCUT2D eigenvalue weighted by Gasteiger charge is 2.10. The molecule has 1 atom stereocenters. The summed E-state index contributed by atoms with van der Waals surface area (Å²) in [6.45, 7) is 2.03. The van der Waals surface area contributed by atoms with Gasteiger partial charge in [-0.3, -0.25) is 0 Å². The monoisotopic (exact) mass is 271 g/mol. The molecule has 0 aliphatic rings. The largest absolute Gasteiger partial charge is 0.488 e. The van der Waals surface area contributed by atoms with Crippen molar-refractivity contribution in [1.29, 1.82) is 5.26 Å². The fourth-order valence-electron chi connectivity index (χ4n) is 1.80. The van der Waals surface area contributed by atoms with Gasteiger partial charge >= 0.3 is 0 Å². The second-order valence-corrected chi connectivity index (χ2v) is 4.42. The normalized spacial score (nSPS) is 11.7. The summed E-state index contributed by atoms with van der Waals surface area (Å²) >= 11 is 0. The number of nitriles is 1. The van der Waals surface area contributed by atoms with Crippen LogP contribution in [0.2, 0.25) is 0 Å². The van der Waals surface area contributed by atoms with Gasteiger partial charge in [0.25, 0.3) is 0 Å². The molecule has 0 aliphatic heterocycles. The average molecular weight is 271 g/mol. The quantitative estimate of drug-likeness (QED) is 0.928. The van der Waals surface area contributed by atoms with Gasteiger partial charge in [-0.1, -0.05) is 6.07 Å². The maximum Gasteiger partial charge on any atom is 0.140 e. The number of rotatable bonds is 4. The number of benzene rings is 1. The summed E-state index contributed by atoms with van der Waals surface area (Å²) in [4.78, 5) is 3.88. The number of ether oxygens (including phenoxy) is 1. The Labute approximate surface area is 116 Å². The zero-order chi connectivity index (χ0) is 14.5. The van der Waals surface area contributed by atoms with Gasteiger partial charge in [0.05, 0.1) is 0 Å². The van der Waals surface area contributed by atoms with E-state index >= 15 is 0 Å². The molecule has 4 nitrogen and oxygen atoms in total. The number of aromatic nitrogens is 1. The standard InChI is InChI=1S/C15H14FN3O/c1-10(18)14-3-2-12(16)7-15(14)20-9-11-4-5-19-13(6-11)8-17/h2-7,10H,9,18H2,1H3/t10-/m1/s1. The first-order chi connectivity index (χ1) is 9.60. The predicted octanol–water partition coefficient (Wildman–Crippen LogP) is 2.69. The van der Waals surface area contributed by atoms with E-state index in [1.807, 2.05) is 6.07 Å². The van der Waals surface area contributed by atoms with Crippen molar-refractivity contribution >= 4 is 0 Å². The van der Waals surface area contributed by atoms with Crippen LogP contribution < -0.4 is 10.5 Å². The fraction of sp³-hybridized carbons (Fsp3) is 0.200. The molecule has 20 heavy (non-hydrogen) atoms. The highest BCUT2D eigenvalue weighted by atomic mass is 19.1. The van der Waals surface area contributed by atoms with Gasteiger partial charge in [0.15, 0.2) is 0 Å². The lowest BCUT2D eigenvalue weighted by atomic mass is 10.1. The smallest absolute Gasteiger partial charge is 0.140 e. The Morgan fingerprint density at radius 3 is 2.90 bits per heavy atom. The van der Waals surface area contributed by atoms with Crippen LogP contribution in [0.5, 0.6) is 5.75 Å². The van der Waals surface area contributed by atoms with Gasteiger partial charge in [0.1, 0.15) is 29.9 Å². The molecule has 0 radical (unpaired) electrons. The van der Waals surface area contributed by atoms with E-state index in [4.69, 9.17) is 15.7 Å². The van der Waals surface area contributed by atoms with Crippen LogP contribution in [0.15, 0.2) is 36.5 Å². The molecule has 0 aliphatic carbocycles. The highest BCUT2D eigenvalue weighted by molar-refractivity contribution is 5.36. The molecule has 1 aromatic heterocycles. The van der Waals surface area contributed by atoms with E-state index in [2.05, 4.69) is 4.98 Å². The third-order valence-corrected chi connectivity index (χ3v) is 2.80. The molecule has 5 heteroatoms. The van der Waals surface area contributed by atoms with Crippen LogP contribution in [-0.4, -0.2) is 4.98 Å². The van der Waals surface area contributed by atoms with Crippen molar-refractivity contribution in [1.82, 2.24) is 4.98 Å². The van der Waals surface area contributed by atoms with Gasteiger partial charge < -0.3 is 10.5 Å². The summed E-state index contributed by atoms with van der Waals surface area (Å²) < 4.78 is 18.9. The Hall–Kier alpha value is -2.45. The highest BCUT2D eigenvalue weighted by Crippen LogP contribution is 2.25. The average Bonchev–Trinajstić information content (AvgIpc) is 2.45. The molecular weight excluding hydrogens is 257 g/mol. The maximum atomic E-state index is 13.3. The third kappa shape index (κ3) is 3.31. The number of nitrogens with two attached hydrogens (primary N) is 1. The molecule has 0 saturated carbocycles. The molecule has 2 aromatic rings. The van der Waals surface area contributed by atoms with Crippen molar-refractivity contribution in [3.05, 3.63) is 59.2 Å². The maximum absolute atomic E-state index is 13.3. The van der Waals surface area contributed by atoms with Crippen molar-refractivity contribution in [2.75, 3.05) is 0 Å². The molecule has 102 valence electrons. The molecular formula is C15H14FN3O. The molecule has 0 fully saturated rings. The number of nitrogens with zero attached hydrogens (tertiary/aromatic N) is 2. The first-order valence-corrected chi connectivity index (χ1v) is 6.13. The van der Waals surface area contributed by atoms with Gasteiger partial charge in [-0.2, -0.15) is 5.26 Å². The van der Waals surface area contributed by atoms with E-state index in [-0.39, 0.29) is 18.5 Å².